The van der Waals surface area contributed by atoms with Crippen molar-refractivity contribution in [2.75, 3.05) is 39.4 Å². The molecule has 1 rings (SSSR count). The second kappa shape index (κ2) is 6.58. The molecule has 1 saturated heterocycles. The fraction of sp³-hybridized carbons (Fsp3) is 1.00. The summed E-state index contributed by atoms with van der Waals surface area (Å²) in [6.45, 7) is 15.4. The molecule has 0 radical (unpaired) electrons. The molecule has 0 bridgehead atoms. The Balaban J connectivity index is 2.31. The predicted octanol–water partition coefficient (Wildman–Crippen LogP) is 1.73. The molecule has 96 valence electrons. The molecule has 1 heterocycles. The number of ether oxygens (including phenoxy) is 1. The lowest BCUT2D eigenvalue weighted by Gasteiger charge is -2.34. The molecule has 1 fully saturated rings. The Labute approximate surface area is 101 Å². The van der Waals surface area contributed by atoms with Gasteiger partial charge in [-0.2, -0.15) is 0 Å². The molecule has 1 N–H and O–H groups in total. The third-order valence-corrected chi connectivity index (χ3v) is 3.33. The molecule has 1 unspecified atom stereocenters. The van der Waals surface area contributed by atoms with Gasteiger partial charge in [-0.3, -0.25) is 4.90 Å². The maximum atomic E-state index is 5.36. The first-order valence-electron chi connectivity index (χ1n) is 6.57. The van der Waals surface area contributed by atoms with Gasteiger partial charge in [-0.15, -0.1) is 0 Å². The van der Waals surface area contributed by atoms with E-state index in [0.717, 1.165) is 32.8 Å². The summed E-state index contributed by atoms with van der Waals surface area (Å²) in [5.74, 6) is 0. The zero-order valence-electron chi connectivity index (χ0n) is 11.4. The molecule has 3 heteroatoms. The molecule has 0 aromatic heterocycles. The third-order valence-electron chi connectivity index (χ3n) is 3.33. The van der Waals surface area contributed by atoms with E-state index in [0.29, 0.717) is 11.5 Å². The minimum absolute atomic E-state index is 0.350. The molecular formula is C13H28N2O. The van der Waals surface area contributed by atoms with Crippen LogP contribution < -0.4 is 5.32 Å². The van der Waals surface area contributed by atoms with E-state index in [1.54, 1.807) is 0 Å². The molecule has 1 atom stereocenters. The topological polar surface area (TPSA) is 24.5 Å². The van der Waals surface area contributed by atoms with Crippen LogP contribution >= 0.6 is 0 Å². The van der Waals surface area contributed by atoms with E-state index < -0.39 is 0 Å². The quantitative estimate of drug-likeness (QED) is 0.775. The van der Waals surface area contributed by atoms with Crippen molar-refractivity contribution in [3.63, 3.8) is 0 Å². The highest BCUT2D eigenvalue weighted by atomic mass is 16.5. The van der Waals surface area contributed by atoms with Gasteiger partial charge in [-0.25, -0.2) is 0 Å². The fourth-order valence-corrected chi connectivity index (χ4v) is 2.22. The van der Waals surface area contributed by atoms with Gasteiger partial charge in [0, 0.05) is 19.1 Å². The summed E-state index contributed by atoms with van der Waals surface area (Å²) in [6, 6.07) is 0.611. The van der Waals surface area contributed by atoms with Crippen molar-refractivity contribution >= 4 is 0 Å². The summed E-state index contributed by atoms with van der Waals surface area (Å²) in [5.41, 5.74) is 0.350. The highest BCUT2D eigenvalue weighted by molar-refractivity contribution is 4.81. The van der Waals surface area contributed by atoms with Crippen molar-refractivity contribution in [3.05, 3.63) is 0 Å². The summed E-state index contributed by atoms with van der Waals surface area (Å²) >= 11 is 0. The highest BCUT2D eigenvalue weighted by Gasteiger charge is 2.24. The monoisotopic (exact) mass is 228 g/mol. The first-order chi connectivity index (χ1) is 7.54. The minimum atomic E-state index is 0.350. The maximum absolute atomic E-state index is 5.36. The van der Waals surface area contributed by atoms with E-state index in [2.05, 4.69) is 37.9 Å². The molecule has 0 amide bonds. The van der Waals surface area contributed by atoms with E-state index in [9.17, 15) is 0 Å². The summed E-state index contributed by atoms with van der Waals surface area (Å²) in [6.07, 6.45) is 1.23. The molecule has 0 aromatic rings. The van der Waals surface area contributed by atoms with E-state index in [1.165, 1.54) is 13.0 Å². The summed E-state index contributed by atoms with van der Waals surface area (Å²) < 4.78 is 5.36. The van der Waals surface area contributed by atoms with Gasteiger partial charge < -0.3 is 10.1 Å². The van der Waals surface area contributed by atoms with Crippen LogP contribution in [0.2, 0.25) is 0 Å². The van der Waals surface area contributed by atoms with Crippen molar-refractivity contribution in [1.82, 2.24) is 10.2 Å². The zero-order valence-corrected chi connectivity index (χ0v) is 11.4. The fourth-order valence-electron chi connectivity index (χ4n) is 2.22. The second-order valence-corrected chi connectivity index (χ2v) is 5.72. The second-order valence-electron chi connectivity index (χ2n) is 5.72. The van der Waals surface area contributed by atoms with E-state index in [4.69, 9.17) is 4.74 Å². The van der Waals surface area contributed by atoms with Crippen LogP contribution in [0.4, 0.5) is 0 Å². The van der Waals surface area contributed by atoms with Gasteiger partial charge in [0.1, 0.15) is 0 Å². The van der Waals surface area contributed by atoms with Crippen LogP contribution in [0.3, 0.4) is 0 Å². The van der Waals surface area contributed by atoms with Crippen LogP contribution in [0.15, 0.2) is 0 Å². The molecular weight excluding hydrogens is 200 g/mol. The average molecular weight is 228 g/mol. The molecule has 0 aliphatic carbocycles. The molecule has 16 heavy (non-hydrogen) atoms. The van der Waals surface area contributed by atoms with Crippen LogP contribution in [0.25, 0.3) is 0 Å². The van der Waals surface area contributed by atoms with Gasteiger partial charge in [0.2, 0.25) is 0 Å². The lowest BCUT2D eigenvalue weighted by molar-refractivity contribution is 0.0341. The lowest BCUT2D eigenvalue weighted by Crippen LogP contribution is -2.44. The van der Waals surface area contributed by atoms with Crippen LogP contribution in [-0.2, 0) is 4.74 Å². The van der Waals surface area contributed by atoms with Crippen molar-refractivity contribution in [2.45, 2.75) is 40.2 Å². The first kappa shape index (κ1) is 13.9. The van der Waals surface area contributed by atoms with Crippen LogP contribution in [-0.4, -0.2) is 50.3 Å². The summed E-state index contributed by atoms with van der Waals surface area (Å²) in [4.78, 5) is 2.51. The van der Waals surface area contributed by atoms with E-state index >= 15 is 0 Å². The normalized spacial score (nSPS) is 21.0. The molecule has 0 aromatic carbocycles. The highest BCUT2D eigenvalue weighted by Crippen LogP contribution is 2.22. The van der Waals surface area contributed by atoms with Gasteiger partial charge >= 0.3 is 0 Å². The number of morpholine rings is 1. The van der Waals surface area contributed by atoms with Gasteiger partial charge in [0.25, 0.3) is 0 Å². The summed E-state index contributed by atoms with van der Waals surface area (Å²) in [7, 11) is 0. The maximum Gasteiger partial charge on any atom is 0.0594 e. The number of hydrogen-bond donors (Lipinski definition) is 1. The van der Waals surface area contributed by atoms with Crippen molar-refractivity contribution in [3.8, 4) is 0 Å². The molecule has 3 nitrogen and oxygen atoms in total. The Bertz CT molecular complexity index is 183. The van der Waals surface area contributed by atoms with Gasteiger partial charge in [-0.1, -0.05) is 27.7 Å². The molecule has 1 aliphatic heterocycles. The predicted molar refractivity (Wildman–Crippen MR) is 68.8 cm³/mol. The Morgan fingerprint density at radius 2 is 1.88 bits per heavy atom. The van der Waals surface area contributed by atoms with Crippen molar-refractivity contribution in [1.29, 1.82) is 0 Å². The minimum Gasteiger partial charge on any atom is -0.379 e. The number of rotatable bonds is 5. The lowest BCUT2D eigenvalue weighted by atomic mass is 9.84. The molecule has 0 saturated carbocycles. The standard InChI is InChI=1S/C13H28N2O/c1-5-14-12(13(2,3)4)6-7-15-8-10-16-11-9-15/h12,14H,5-11H2,1-4H3. The zero-order chi connectivity index (χ0) is 12.0. The Kier molecular flexibility index (Phi) is 5.73. The van der Waals surface area contributed by atoms with Crippen molar-refractivity contribution < 1.29 is 4.74 Å². The Morgan fingerprint density at radius 1 is 1.25 bits per heavy atom. The number of nitrogens with zero attached hydrogens (tertiary/aromatic N) is 1. The molecule has 1 aliphatic rings. The SMILES string of the molecule is CCNC(CCN1CCOCC1)C(C)(C)C. The van der Waals surface area contributed by atoms with Crippen LogP contribution in [0.1, 0.15) is 34.1 Å². The average Bonchev–Trinajstić information content (AvgIpc) is 2.24. The van der Waals surface area contributed by atoms with Crippen LogP contribution in [0.5, 0.6) is 0 Å². The first-order valence-corrected chi connectivity index (χ1v) is 6.57. The van der Waals surface area contributed by atoms with E-state index in [1.807, 2.05) is 0 Å². The largest absolute Gasteiger partial charge is 0.379 e. The Morgan fingerprint density at radius 3 is 2.38 bits per heavy atom. The van der Waals surface area contributed by atoms with Crippen LogP contribution in [0, 0.1) is 5.41 Å². The number of hydrogen-bond acceptors (Lipinski definition) is 3. The van der Waals surface area contributed by atoms with Gasteiger partial charge in [0.05, 0.1) is 13.2 Å². The van der Waals surface area contributed by atoms with Gasteiger partial charge in [0.15, 0.2) is 0 Å². The summed E-state index contributed by atoms with van der Waals surface area (Å²) in [5, 5.41) is 3.60. The van der Waals surface area contributed by atoms with Gasteiger partial charge in [-0.05, 0) is 24.9 Å². The van der Waals surface area contributed by atoms with E-state index in [-0.39, 0.29) is 0 Å². The smallest absolute Gasteiger partial charge is 0.0594 e. The third kappa shape index (κ3) is 4.81. The number of nitrogens with one attached hydrogen (secondary N) is 1. The molecule has 0 spiro atoms. The van der Waals surface area contributed by atoms with Crippen molar-refractivity contribution in [2.24, 2.45) is 5.41 Å². The Hall–Kier alpha value is -0.120.